The van der Waals surface area contributed by atoms with Gasteiger partial charge in [0.25, 0.3) is 0 Å². The standard InChI is InChI=1S/C13H15NO3S/c1-11-6-5-9-18(16)14(11)13(15)17-10-12-7-3-2-4-8-12/h2-8,11H,9-10H2,1H3/t11-,18?/m1/s1. The summed E-state index contributed by atoms with van der Waals surface area (Å²) in [5.41, 5.74) is 0.914. The van der Waals surface area contributed by atoms with Crippen molar-refractivity contribution in [2.75, 3.05) is 5.75 Å². The van der Waals surface area contributed by atoms with Crippen LogP contribution in [0.2, 0.25) is 0 Å². The largest absolute Gasteiger partial charge is 0.444 e. The minimum absolute atomic E-state index is 0.192. The second kappa shape index (κ2) is 5.82. The van der Waals surface area contributed by atoms with Gasteiger partial charge in [0.05, 0.1) is 11.8 Å². The van der Waals surface area contributed by atoms with Gasteiger partial charge in [-0.25, -0.2) is 13.3 Å². The summed E-state index contributed by atoms with van der Waals surface area (Å²) in [7, 11) is -1.32. The van der Waals surface area contributed by atoms with Crippen LogP contribution in [-0.2, 0) is 22.3 Å². The van der Waals surface area contributed by atoms with Gasteiger partial charge in [0, 0.05) is 0 Å². The fourth-order valence-electron chi connectivity index (χ4n) is 1.71. The van der Waals surface area contributed by atoms with Gasteiger partial charge in [0.15, 0.2) is 0 Å². The van der Waals surface area contributed by atoms with Gasteiger partial charge in [-0.15, -0.1) is 0 Å². The smallest absolute Gasteiger partial charge is 0.422 e. The average Bonchev–Trinajstić information content (AvgIpc) is 2.37. The van der Waals surface area contributed by atoms with Crippen molar-refractivity contribution in [2.24, 2.45) is 0 Å². The first-order valence-electron chi connectivity index (χ1n) is 5.73. The van der Waals surface area contributed by atoms with E-state index in [1.807, 2.05) is 49.4 Å². The zero-order chi connectivity index (χ0) is 13.0. The summed E-state index contributed by atoms with van der Waals surface area (Å²) in [6, 6.07) is 9.23. The molecular weight excluding hydrogens is 250 g/mol. The number of rotatable bonds is 2. The maximum absolute atomic E-state index is 11.9. The summed E-state index contributed by atoms with van der Waals surface area (Å²) in [4.78, 5) is 11.9. The predicted octanol–water partition coefficient (Wildman–Crippen LogP) is 2.25. The number of hydrogen-bond acceptors (Lipinski definition) is 3. The molecule has 4 nitrogen and oxygen atoms in total. The van der Waals surface area contributed by atoms with Crippen LogP contribution >= 0.6 is 0 Å². The van der Waals surface area contributed by atoms with E-state index in [1.54, 1.807) is 0 Å². The van der Waals surface area contributed by atoms with Crippen molar-refractivity contribution in [3.05, 3.63) is 48.0 Å². The van der Waals surface area contributed by atoms with Gasteiger partial charge in [-0.2, -0.15) is 0 Å². The Morgan fingerprint density at radius 2 is 2.17 bits per heavy atom. The van der Waals surface area contributed by atoms with E-state index in [2.05, 4.69) is 0 Å². The van der Waals surface area contributed by atoms with E-state index in [1.165, 1.54) is 4.31 Å². The molecule has 0 aromatic heterocycles. The van der Waals surface area contributed by atoms with E-state index in [0.717, 1.165) is 5.56 Å². The summed E-state index contributed by atoms with van der Waals surface area (Å²) in [6.45, 7) is 2.02. The monoisotopic (exact) mass is 265 g/mol. The summed E-state index contributed by atoms with van der Waals surface area (Å²) in [5, 5.41) is 0. The zero-order valence-electron chi connectivity index (χ0n) is 10.1. The van der Waals surface area contributed by atoms with Crippen LogP contribution in [0.4, 0.5) is 4.79 Å². The third-order valence-corrected chi connectivity index (χ3v) is 4.03. The lowest BCUT2D eigenvalue weighted by Crippen LogP contribution is -2.42. The van der Waals surface area contributed by atoms with Gasteiger partial charge in [-0.05, 0) is 12.5 Å². The number of ether oxygens (including phenoxy) is 1. The lowest BCUT2D eigenvalue weighted by Gasteiger charge is -2.27. The normalized spacial score (nSPS) is 22.8. The lowest BCUT2D eigenvalue weighted by atomic mass is 10.2. The van der Waals surface area contributed by atoms with E-state index in [9.17, 15) is 9.00 Å². The second-order valence-electron chi connectivity index (χ2n) is 4.02. The van der Waals surface area contributed by atoms with Crippen molar-refractivity contribution in [3.63, 3.8) is 0 Å². The van der Waals surface area contributed by atoms with Crippen LogP contribution in [0.15, 0.2) is 42.5 Å². The molecule has 1 heterocycles. The van der Waals surface area contributed by atoms with E-state index in [4.69, 9.17) is 4.74 Å². The molecule has 0 aliphatic carbocycles. The minimum atomic E-state index is -1.32. The molecule has 1 aromatic rings. The van der Waals surface area contributed by atoms with Gasteiger partial charge in [-0.1, -0.05) is 42.5 Å². The molecule has 1 aromatic carbocycles. The van der Waals surface area contributed by atoms with Gasteiger partial charge < -0.3 is 4.74 Å². The molecule has 0 saturated carbocycles. The van der Waals surface area contributed by atoms with Crippen molar-refractivity contribution in [1.82, 2.24) is 4.31 Å². The number of benzene rings is 1. The lowest BCUT2D eigenvalue weighted by molar-refractivity contribution is 0.116. The Labute approximate surface area is 109 Å². The number of carbonyl (C=O) groups is 1. The molecule has 0 radical (unpaired) electrons. The number of amides is 1. The number of hydrogen-bond donors (Lipinski definition) is 0. The van der Waals surface area contributed by atoms with Crippen LogP contribution < -0.4 is 0 Å². The topological polar surface area (TPSA) is 46.6 Å². The Morgan fingerprint density at radius 1 is 1.44 bits per heavy atom. The summed E-state index contributed by atoms with van der Waals surface area (Å²) < 4.78 is 18.2. The number of nitrogens with zero attached hydrogens (tertiary/aromatic N) is 1. The molecule has 1 amide bonds. The summed E-state index contributed by atoms with van der Waals surface area (Å²) >= 11 is 0. The van der Waals surface area contributed by atoms with Gasteiger partial charge in [0.2, 0.25) is 0 Å². The van der Waals surface area contributed by atoms with E-state index >= 15 is 0 Å². The Bertz CT molecular complexity index is 472. The van der Waals surface area contributed by atoms with E-state index < -0.39 is 17.1 Å². The van der Waals surface area contributed by atoms with Crippen LogP contribution in [0.3, 0.4) is 0 Å². The van der Waals surface area contributed by atoms with Crippen LogP contribution in [-0.4, -0.2) is 26.4 Å². The van der Waals surface area contributed by atoms with Gasteiger partial charge >= 0.3 is 6.09 Å². The van der Waals surface area contributed by atoms with Crippen LogP contribution in [0.25, 0.3) is 0 Å². The fraction of sp³-hybridized carbons (Fsp3) is 0.308. The highest BCUT2D eigenvalue weighted by atomic mass is 32.2. The highest BCUT2D eigenvalue weighted by Crippen LogP contribution is 2.14. The molecular formula is C13H15NO3S. The van der Waals surface area contributed by atoms with Crippen LogP contribution in [0.1, 0.15) is 12.5 Å². The molecule has 1 aliphatic rings. The summed E-state index contributed by atoms with van der Waals surface area (Å²) in [6.07, 6.45) is 3.14. The summed E-state index contributed by atoms with van der Waals surface area (Å²) in [5.74, 6) is 0.366. The molecule has 96 valence electrons. The van der Waals surface area contributed by atoms with Crippen LogP contribution in [0.5, 0.6) is 0 Å². The third-order valence-electron chi connectivity index (χ3n) is 2.63. The molecule has 2 rings (SSSR count). The molecule has 1 unspecified atom stereocenters. The SMILES string of the molecule is C[C@@H]1C=CCS(=O)N1C(=O)OCc1ccccc1. The van der Waals surface area contributed by atoms with E-state index in [0.29, 0.717) is 5.75 Å². The molecule has 0 saturated heterocycles. The van der Waals surface area contributed by atoms with Gasteiger partial charge in [0.1, 0.15) is 17.6 Å². The van der Waals surface area contributed by atoms with Crippen LogP contribution in [0, 0.1) is 0 Å². The Morgan fingerprint density at radius 3 is 2.83 bits per heavy atom. The van der Waals surface area contributed by atoms with Crippen molar-refractivity contribution < 1.29 is 13.7 Å². The quantitative estimate of drug-likeness (QED) is 0.770. The molecule has 0 spiro atoms. The molecule has 0 N–H and O–H groups in total. The first kappa shape index (κ1) is 12.8. The van der Waals surface area contributed by atoms with Crippen molar-refractivity contribution in [1.29, 1.82) is 0 Å². The fourth-order valence-corrected chi connectivity index (χ4v) is 2.81. The van der Waals surface area contributed by atoms with Crippen molar-refractivity contribution in [2.45, 2.75) is 19.6 Å². The third kappa shape index (κ3) is 2.98. The molecule has 1 aliphatic heterocycles. The Hall–Kier alpha value is -1.62. The van der Waals surface area contributed by atoms with Gasteiger partial charge in [-0.3, -0.25) is 0 Å². The van der Waals surface area contributed by atoms with Crippen molar-refractivity contribution in [3.8, 4) is 0 Å². The molecule has 18 heavy (non-hydrogen) atoms. The highest BCUT2D eigenvalue weighted by molar-refractivity contribution is 7.83. The average molecular weight is 265 g/mol. The molecule has 0 bridgehead atoms. The zero-order valence-corrected chi connectivity index (χ0v) is 10.9. The second-order valence-corrected chi connectivity index (χ2v) is 5.39. The molecule has 5 heteroatoms. The van der Waals surface area contributed by atoms with E-state index in [-0.39, 0.29) is 12.6 Å². The first-order valence-corrected chi connectivity index (χ1v) is 7.01. The predicted molar refractivity (Wildman–Crippen MR) is 70.1 cm³/mol. The molecule has 0 fully saturated rings. The maximum atomic E-state index is 11.9. The van der Waals surface area contributed by atoms with Crippen molar-refractivity contribution >= 4 is 17.1 Å². The minimum Gasteiger partial charge on any atom is -0.444 e. The number of carbonyl (C=O) groups excluding carboxylic acids is 1. The Kier molecular flexibility index (Phi) is 4.15. The highest BCUT2D eigenvalue weighted by Gasteiger charge is 2.27. The first-order chi connectivity index (χ1) is 8.68. The molecule has 2 atom stereocenters. The Balaban J connectivity index is 1.96. The maximum Gasteiger partial charge on any atom is 0.422 e.